The maximum absolute atomic E-state index is 11.8. The van der Waals surface area contributed by atoms with Gasteiger partial charge >= 0.3 is 11.9 Å². The first-order valence-electron chi connectivity index (χ1n) is 8.07. The van der Waals surface area contributed by atoms with Crippen molar-refractivity contribution in [2.45, 2.75) is 13.3 Å². The molecule has 2 aliphatic rings. The lowest BCUT2D eigenvalue weighted by Crippen LogP contribution is -2.30. The number of esters is 1. The molecule has 1 aromatic carbocycles. The molecule has 2 aromatic rings. The molecule has 0 N–H and O–H groups in total. The molecule has 4 rings (SSSR count). The molecule has 0 fully saturated rings. The van der Waals surface area contributed by atoms with Crippen molar-refractivity contribution < 1.29 is 19.2 Å². The largest absolute Gasteiger partial charge is 0.442 e. The molecule has 1 aromatic heterocycles. The van der Waals surface area contributed by atoms with Crippen molar-refractivity contribution in [3.63, 3.8) is 0 Å². The van der Waals surface area contributed by atoms with Crippen LogP contribution in [0.2, 0.25) is 0 Å². The second-order valence-electron chi connectivity index (χ2n) is 5.96. The third-order valence-corrected chi connectivity index (χ3v) is 4.59. The minimum absolute atomic E-state index is 0.312. The van der Waals surface area contributed by atoms with Crippen molar-refractivity contribution in [2.24, 2.45) is 0 Å². The maximum atomic E-state index is 11.8. The van der Waals surface area contributed by atoms with Gasteiger partial charge in [0, 0.05) is 18.5 Å². The first-order valence-corrected chi connectivity index (χ1v) is 8.07. The molecule has 7 heteroatoms. The van der Waals surface area contributed by atoms with Gasteiger partial charge < -0.3 is 9.57 Å². The van der Waals surface area contributed by atoms with Crippen LogP contribution in [0.5, 0.6) is 5.75 Å². The van der Waals surface area contributed by atoms with Crippen molar-refractivity contribution in [1.29, 1.82) is 5.26 Å². The van der Waals surface area contributed by atoms with E-state index in [1.54, 1.807) is 18.2 Å². The standard InChI is InChI=1S/C18H15N3O4/c1-2-20-7-5-12(6-8-20)15-16-13-4-3-11(10-19)9-14(13)21(15)25-18(23)17(22)24-16/h3-5,9H,2,6-8H2,1H3. The average molecular weight is 337 g/mol. The second-order valence-corrected chi connectivity index (χ2v) is 5.96. The van der Waals surface area contributed by atoms with E-state index in [9.17, 15) is 9.59 Å². The zero-order valence-electron chi connectivity index (χ0n) is 13.6. The number of hydrogen-bond donors (Lipinski definition) is 0. The molecule has 0 aliphatic carbocycles. The van der Waals surface area contributed by atoms with Crippen LogP contribution in [-0.2, 0) is 9.59 Å². The highest BCUT2D eigenvalue weighted by atomic mass is 16.7. The fourth-order valence-electron chi connectivity index (χ4n) is 3.24. The smallest absolute Gasteiger partial charge is 0.415 e. The average Bonchev–Trinajstić information content (AvgIpc) is 2.86. The lowest BCUT2D eigenvalue weighted by molar-refractivity contribution is -0.161. The van der Waals surface area contributed by atoms with E-state index in [0.717, 1.165) is 31.6 Å². The van der Waals surface area contributed by atoms with Gasteiger partial charge in [-0.2, -0.15) is 9.99 Å². The summed E-state index contributed by atoms with van der Waals surface area (Å²) in [5.74, 6) is -1.81. The number of carbonyl (C=O) groups is 2. The topological polar surface area (TPSA) is 84.6 Å². The predicted octanol–water partition coefficient (Wildman–Crippen LogP) is 1.50. The molecule has 0 unspecified atom stereocenters. The molecule has 3 heterocycles. The summed E-state index contributed by atoms with van der Waals surface area (Å²) in [6.07, 6.45) is 2.80. The van der Waals surface area contributed by atoms with E-state index in [-0.39, 0.29) is 0 Å². The first-order chi connectivity index (χ1) is 12.1. The van der Waals surface area contributed by atoms with Crippen molar-refractivity contribution in [3.8, 4) is 11.8 Å². The minimum Gasteiger partial charge on any atom is -0.415 e. The van der Waals surface area contributed by atoms with Crippen LogP contribution in [0, 0.1) is 11.3 Å². The highest BCUT2D eigenvalue weighted by Gasteiger charge is 2.34. The molecule has 0 amide bonds. The third-order valence-electron chi connectivity index (χ3n) is 4.59. The molecule has 2 bridgehead atoms. The molecule has 0 saturated heterocycles. The number of fused-ring (bicyclic) bond motifs is 5. The Balaban J connectivity index is 1.95. The number of nitriles is 1. The Bertz CT molecular complexity index is 980. The molecule has 0 atom stereocenters. The van der Waals surface area contributed by atoms with Gasteiger partial charge in [-0.25, -0.2) is 9.59 Å². The van der Waals surface area contributed by atoms with Gasteiger partial charge in [0.25, 0.3) is 0 Å². The van der Waals surface area contributed by atoms with Gasteiger partial charge in [0.05, 0.1) is 17.1 Å². The molecule has 126 valence electrons. The van der Waals surface area contributed by atoms with E-state index in [2.05, 4.69) is 24.0 Å². The molecule has 0 saturated carbocycles. The van der Waals surface area contributed by atoms with Crippen LogP contribution in [0.25, 0.3) is 16.5 Å². The van der Waals surface area contributed by atoms with Crippen molar-refractivity contribution >= 4 is 28.4 Å². The van der Waals surface area contributed by atoms with Crippen LogP contribution in [-0.4, -0.2) is 41.2 Å². The predicted molar refractivity (Wildman–Crippen MR) is 88.6 cm³/mol. The highest BCUT2D eigenvalue weighted by molar-refractivity contribution is 6.31. The lowest BCUT2D eigenvalue weighted by Gasteiger charge is -2.25. The van der Waals surface area contributed by atoms with E-state index in [4.69, 9.17) is 14.8 Å². The molecule has 2 aliphatic heterocycles. The van der Waals surface area contributed by atoms with Crippen LogP contribution >= 0.6 is 0 Å². The van der Waals surface area contributed by atoms with Crippen molar-refractivity contribution in [1.82, 2.24) is 9.63 Å². The Morgan fingerprint density at radius 2 is 2.12 bits per heavy atom. The van der Waals surface area contributed by atoms with Crippen LogP contribution < -0.4 is 9.57 Å². The van der Waals surface area contributed by atoms with E-state index in [1.807, 2.05) is 0 Å². The molecule has 7 nitrogen and oxygen atoms in total. The van der Waals surface area contributed by atoms with Gasteiger partial charge in [-0.15, -0.1) is 0 Å². The maximum Gasteiger partial charge on any atom is 0.442 e. The van der Waals surface area contributed by atoms with Gasteiger partial charge in [-0.3, -0.25) is 4.90 Å². The van der Waals surface area contributed by atoms with Crippen molar-refractivity contribution in [3.05, 3.63) is 35.5 Å². The summed E-state index contributed by atoms with van der Waals surface area (Å²) < 4.78 is 6.65. The summed E-state index contributed by atoms with van der Waals surface area (Å²) in [5, 5.41) is 9.77. The number of nitrogens with zero attached hydrogens (tertiary/aromatic N) is 3. The van der Waals surface area contributed by atoms with Crippen LogP contribution in [0.3, 0.4) is 0 Å². The van der Waals surface area contributed by atoms with Crippen molar-refractivity contribution in [2.75, 3.05) is 19.6 Å². The van der Waals surface area contributed by atoms with Gasteiger partial charge in [0.15, 0.2) is 5.75 Å². The lowest BCUT2D eigenvalue weighted by atomic mass is 10.0. The first kappa shape index (κ1) is 15.4. The highest BCUT2D eigenvalue weighted by Crippen LogP contribution is 2.40. The summed E-state index contributed by atoms with van der Waals surface area (Å²) in [5.41, 5.74) is 2.49. The summed E-state index contributed by atoms with van der Waals surface area (Å²) in [6, 6.07) is 7.04. The quantitative estimate of drug-likeness (QED) is 0.610. The zero-order chi connectivity index (χ0) is 17.6. The minimum atomic E-state index is -1.08. The fourth-order valence-corrected chi connectivity index (χ4v) is 3.24. The SMILES string of the molecule is CCN1CC=C(c2c3c4ccc(C#N)cc4n2OC(=O)C(=O)O3)CC1. The Morgan fingerprint density at radius 1 is 1.28 bits per heavy atom. The number of carbonyl (C=O) groups excluding carboxylic acids is 2. The second kappa shape index (κ2) is 5.76. The van der Waals surface area contributed by atoms with E-state index in [1.165, 1.54) is 4.73 Å². The number of hydrogen-bond acceptors (Lipinski definition) is 6. The summed E-state index contributed by atoms with van der Waals surface area (Å²) in [6.45, 7) is 4.70. The van der Waals surface area contributed by atoms with Gasteiger partial charge in [0.1, 0.15) is 5.69 Å². The van der Waals surface area contributed by atoms with E-state index >= 15 is 0 Å². The third kappa shape index (κ3) is 2.39. The number of ether oxygens (including phenoxy) is 1. The number of likely N-dealkylation sites (N-methyl/N-ethyl adjacent to an activating group) is 1. The molecule has 25 heavy (non-hydrogen) atoms. The van der Waals surface area contributed by atoms with Crippen LogP contribution in [0.15, 0.2) is 24.3 Å². The summed E-state index contributed by atoms with van der Waals surface area (Å²) in [4.78, 5) is 31.2. The number of benzene rings is 1. The molecule has 0 spiro atoms. The Morgan fingerprint density at radius 3 is 2.80 bits per heavy atom. The molecular formula is C18H15N3O4. The monoisotopic (exact) mass is 337 g/mol. The molecular weight excluding hydrogens is 322 g/mol. The van der Waals surface area contributed by atoms with E-state index in [0.29, 0.717) is 27.9 Å². The van der Waals surface area contributed by atoms with Crippen LogP contribution in [0.4, 0.5) is 0 Å². The van der Waals surface area contributed by atoms with Gasteiger partial charge in [0.2, 0.25) is 0 Å². The van der Waals surface area contributed by atoms with Gasteiger partial charge in [-0.05, 0) is 36.7 Å². The van der Waals surface area contributed by atoms with Gasteiger partial charge in [-0.1, -0.05) is 13.0 Å². The summed E-state index contributed by atoms with van der Waals surface area (Å²) in [7, 11) is 0. The Hall–Kier alpha value is -3.11. The summed E-state index contributed by atoms with van der Waals surface area (Å²) >= 11 is 0. The zero-order valence-corrected chi connectivity index (χ0v) is 13.6. The fraction of sp³-hybridized carbons (Fsp3) is 0.278. The number of aromatic nitrogens is 1. The van der Waals surface area contributed by atoms with E-state index < -0.39 is 11.9 Å². The Kier molecular flexibility index (Phi) is 3.55. The normalized spacial score (nSPS) is 17.5. The number of rotatable bonds is 2. The molecule has 0 radical (unpaired) electrons. The Labute approximate surface area is 143 Å². The van der Waals surface area contributed by atoms with Crippen LogP contribution in [0.1, 0.15) is 24.6 Å².